The molecule has 5 rings (SSSR count). The second-order valence-electron chi connectivity index (χ2n) is 9.35. The van der Waals surface area contributed by atoms with Gasteiger partial charge in [0, 0.05) is 40.6 Å². The summed E-state index contributed by atoms with van der Waals surface area (Å²) in [6, 6.07) is 24.2. The molecule has 3 heteroatoms. The van der Waals surface area contributed by atoms with Gasteiger partial charge in [-0.3, -0.25) is 4.99 Å². The van der Waals surface area contributed by atoms with Gasteiger partial charge in [0.1, 0.15) is 0 Å². The highest BCUT2D eigenvalue weighted by Gasteiger charge is 2.20. The lowest BCUT2D eigenvalue weighted by Gasteiger charge is -2.20. The fraction of sp³-hybridized carbons (Fsp3) is 0.226. The van der Waals surface area contributed by atoms with Crippen LogP contribution in [0.2, 0.25) is 0 Å². The molecular formula is C31H30N2S. The van der Waals surface area contributed by atoms with E-state index in [1.54, 1.807) is 0 Å². The van der Waals surface area contributed by atoms with E-state index in [0.717, 1.165) is 29.7 Å². The first-order valence-electron chi connectivity index (χ1n) is 12.0. The summed E-state index contributed by atoms with van der Waals surface area (Å²) >= 11 is 5.65. The average molecular weight is 463 g/mol. The Labute approximate surface area is 208 Å². The van der Waals surface area contributed by atoms with Crippen LogP contribution in [0.3, 0.4) is 0 Å². The predicted molar refractivity (Wildman–Crippen MR) is 148 cm³/mol. The highest BCUT2D eigenvalue weighted by atomic mass is 32.1. The quantitative estimate of drug-likeness (QED) is 0.219. The number of aromatic nitrogens is 1. The third-order valence-electron chi connectivity index (χ3n) is 6.88. The molecule has 0 aliphatic heterocycles. The second kappa shape index (κ2) is 9.52. The molecule has 0 atom stereocenters. The van der Waals surface area contributed by atoms with Crippen LogP contribution in [0.15, 0.2) is 77.9 Å². The SMILES string of the molecule is Cc1ccc(-n2ccc3c2CCc2cc(C=NCC(=S)Cc4c(C)cccc4C)ccc2-3)cc1. The molecule has 0 saturated heterocycles. The van der Waals surface area contributed by atoms with Crippen LogP contribution in [0, 0.1) is 20.8 Å². The standard InChI is InChI=1S/C31H30N2S/c1-21-7-11-26(12-8-21)33-16-15-29-28-13-9-24(17-25(28)10-14-31(29)33)19-32-20-27(34)18-30-22(2)5-4-6-23(30)3/h4-9,11-13,15-17,19H,10,14,18,20H2,1-3H3. The molecule has 0 radical (unpaired) electrons. The topological polar surface area (TPSA) is 17.3 Å². The van der Waals surface area contributed by atoms with Crippen LogP contribution >= 0.6 is 12.2 Å². The van der Waals surface area contributed by atoms with Crippen LogP contribution in [-0.4, -0.2) is 22.2 Å². The van der Waals surface area contributed by atoms with Crippen molar-refractivity contribution in [1.29, 1.82) is 0 Å². The molecule has 1 aliphatic carbocycles. The molecule has 4 aromatic rings. The van der Waals surface area contributed by atoms with Crippen LogP contribution in [0.5, 0.6) is 0 Å². The van der Waals surface area contributed by atoms with Gasteiger partial charge in [-0.25, -0.2) is 0 Å². The third kappa shape index (κ3) is 4.53. The van der Waals surface area contributed by atoms with Crippen molar-refractivity contribution < 1.29 is 0 Å². The molecule has 0 spiro atoms. The maximum absolute atomic E-state index is 5.65. The van der Waals surface area contributed by atoms with Gasteiger partial charge in [0.2, 0.25) is 0 Å². The molecule has 1 aromatic heterocycles. The van der Waals surface area contributed by atoms with Gasteiger partial charge in [-0.05, 0) is 91.3 Å². The highest BCUT2D eigenvalue weighted by molar-refractivity contribution is 7.80. The summed E-state index contributed by atoms with van der Waals surface area (Å²) in [7, 11) is 0. The zero-order chi connectivity index (χ0) is 23.7. The van der Waals surface area contributed by atoms with Crippen LogP contribution < -0.4 is 0 Å². The van der Waals surface area contributed by atoms with E-state index in [1.165, 1.54) is 50.3 Å². The van der Waals surface area contributed by atoms with Gasteiger partial charge in [-0.2, -0.15) is 0 Å². The summed E-state index contributed by atoms with van der Waals surface area (Å²) in [5, 5.41) is 0. The Balaban J connectivity index is 1.30. The fourth-order valence-corrected chi connectivity index (χ4v) is 5.18. The number of nitrogens with zero attached hydrogens (tertiary/aromatic N) is 2. The van der Waals surface area contributed by atoms with E-state index in [-0.39, 0.29) is 0 Å². The maximum atomic E-state index is 5.65. The van der Waals surface area contributed by atoms with Gasteiger partial charge in [-0.15, -0.1) is 0 Å². The smallest absolute Gasteiger partial charge is 0.0706 e. The number of fused-ring (bicyclic) bond motifs is 3. The number of thiocarbonyl (C=S) groups is 1. The summed E-state index contributed by atoms with van der Waals surface area (Å²) in [5.41, 5.74) is 13.1. The molecule has 1 heterocycles. The van der Waals surface area contributed by atoms with Crippen LogP contribution in [0.4, 0.5) is 0 Å². The molecule has 3 aromatic carbocycles. The summed E-state index contributed by atoms with van der Waals surface area (Å²) < 4.78 is 2.34. The minimum absolute atomic E-state index is 0.587. The predicted octanol–water partition coefficient (Wildman–Crippen LogP) is 7.20. The zero-order valence-electron chi connectivity index (χ0n) is 20.1. The van der Waals surface area contributed by atoms with Crippen molar-refractivity contribution in [2.24, 2.45) is 4.99 Å². The van der Waals surface area contributed by atoms with Crippen molar-refractivity contribution in [3.63, 3.8) is 0 Å². The van der Waals surface area contributed by atoms with E-state index in [0.29, 0.717) is 6.54 Å². The highest BCUT2D eigenvalue weighted by Crippen LogP contribution is 2.36. The van der Waals surface area contributed by atoms with Gasteiger partial charge in [0.05, 0.1) is 6.54 Å². The van der Waals surface area contributed by atoms with Crippen LogP contribution in [0.1, 0.15) is 39.1 Å². The fourth-order valence-electron chi connectivity index (χ4n) is 4.96. The summed E-state index contributed by atoms with van der Waals surface area (Å²) in [4.78, 5) is 5.65. The maximum Gasteiger partial charge on any atom is 0.0706 e. The zero-order valence-corrected chi connectivity index (χ0v) is 21.0. The third-order valence-corrected chi connectivity index (χ3v) is 7.15. The monoisotopic (exact) mass is 462 g/mol. The molecular weight excluding hydrogens is 432 g/mol. The van der Waals surface area contributed by atoms with E-state index >= 15 is 0 Å². The van der Waals surface area contributed by atoms with E-state index in [1.807, 2.05) is 6.21 Å². The lowest BCUT2D eigenvalue weighted by atomic mass is 9.88. The Morgan fingerprint density at radius 2 is 1.68 bits per heavy atom. The largest absolute Gasteiger partial charge is 0.320 e. The lowest BCUT2D eigenvalue weighted by Crippen LogP contribution is -2.08. The Morgan fingerprint density at radius 1 is 0.912 bits per heavy atom. The molecule has 2 nitrogen and oxygen atoms in total. The van der Waals surface area contributed by atoms with Crippen molar-refractivity contribution in [1.82, 2.24) is 4.57 Å². The minimum Gasteiger partial charge on any atom is -0.320 e. The molecule has 1 aliphatic rings. The molecule has 0 N–H and O–H groups in total. The first kappa shape index (κ1) is 22.5. The number of aryl methyl sites for hydroxylation is 4. The molecule has 0 amide bonds. The first-order valence-corrected chi connectivity index (χ1v) is 12.4. The Morgan fingerprint density at radius 3 is 2.44 bits per heavy atom. The Bertz CT molecular complexity index is 1370. The number of benzene rings is 3. The summed E-state index contributed by atoms with van der Waals surface area (Å²) in [5.74, 6) is 0. The van der Waals surface area contributed by atoms with E-state index in [4.69, 9.17) is 12.2 Å². The van der Waals surface area contributed by atoms with Crippen molar-refractivity contribution >= 4 is 23.3 Å². The molecule has 0 fully saturated rings. The second-order valence-corrected chi connectivity index (χ2v) is 9.93. The van der Waals surface area contributed by atoms with Gasteiger partial charge in [0.15, 0.2) is 0 Å². The molecule has 0 saturated carbocycles. The lowest BCUT2D eigenvalue weighted by molar-refractivity contribution is 0.854. The number of hydrogen-bond acceptors (Lipinski definition) is 2. The van der Waals surface area contributed by atoms with Crippen molar-refractivity contribution in [3.05, 3.63) is 112 Å². The van der Waals surface area contributed by atoms with E-state index < -0.39 is 0 Å². The summed E-state index contributed by atoms with van der Waals surface area (Å²) in [6.07, 6.45) is 7.09. The Kier molecular flexibility index (Phi) is 6.30. The molecule has 0 bridgehead atoms. The van der Waals surface area contributed by atoms with E-state index in [9.17, 15) is 0 Å². The Hall–Kier alpha value is -3.30. The van der Waals surface area contributed by atoms with Crippen molar-refractivity contribution in [3.8, 4) is 16.8 Å². The van der Waals surface area contributed by atoms with Gasteiger partial charge in [0.25, 0.3) is 0 Å². The van der Waals surface area contributed by atoms with Gasteiger partial charge < -0.3 is 4.57 Å². The van der Waals surface area contributed by atoms with Crippen LogP contribution in [-0.2, 0) is 19.3 Å². The van der Waals surface area contributed by atoms with Crippen molar-refractivity contribution in [2.45, 2.75) is 40.0 Å². The minimum atomic E-state index is 0.587. The molecule has 170 valence electrons. The van der Waals surface area contributed by atoms with Gasteiger partial charge in [-0.1, -0.05) is 60.2 Å². The molecule has 34 heavy (non-hydrogen) atoms. The molecule has 0 unspecified atom stereocenters. The number of hydrogen-bond donors (Lipinski definition) is 0. The summed E-state index contributed by atoms with van der Waals surface area (Å²) in [6.45, 7) is 7.03. The van der Waals surface area contributed by atoms with Crippen LogP contribution in [0.25, 0.3) is 16.8 Å². The normalized spacial score (nSPS) is 12.6. The number of rotatable bonds is 6. The van der Waals surface area contributed by atoms with E-state index in [2.05, 4.69) is 103 Å². The van der Waals surface area contributed by atoms with Gasteiger partial charge >= 0.3 is 0 Å². The average Bonchev–Trinajstić information content (AvgIpc) is 3.26. The number of aliphatic imine (C=N–C) groups is 1. The first-order chi connectivity index (χ1) is 16.5. The van der Waals surface area contributed by atoms with Crippen molar-refractivity contribution in [2.75, 3.05) is 6.54 Å².